The van der Waals surface area contributed by atoms with E-state index in [1.54, 1.807) is 12.3 Å². The SMILES string of the molecule is Cc1nccc(CNc2ccc3oc(=O)[nH]c3c2)n1. The molecule has 96 valence electrons. The number of aromatic amines is 1. The third kappa shape index (κ3) is 2.47. The Bertz CT molecular complexity index is 775. The van der Waals surface area contributed by atoms with Gasteiger partial charge in [-0.15, -0.1) is 0 Å². The van der Waals surface area contributed by atoms with Gasteiger partial charge in [0, 0.05) is 11.9 Å². The number of fused-ring (bicyclic) bond motifs is 1. The minimum Gasteiger partial charge on any atom is -0.408 e. The van der Waals surface area contributed by atoms with Gasteiger partial charge in [-0.2, -0.15) is 0 Å². The number of aromatic nitrogens is 3. The van der Waals surface area contributed by atoms with Crippen LogP contribution in [0.25, 0.3) is 11.1 Å². The van der Waals surface area contributed by atoms with Crippen LogP contribution in [0.5, 0.6) is 0 Å². The zero-order chi connectivity index (χ0) is 13.2. The highest BCUT2D eigenvalue weighted by molar-refractivity contribution is 5.76. The maximum Gasteiger partial charge on any atom is 0.417 e. The van der Waals surface area contributed by atoms with Gasteiger partial charge in [0.05, 0.1) is 17.8 Å². The van der Waals surface area contributed by atoms with Crippen molar-refractivity contribution in [2.45, 2.75) is 13.5 Å². The Kier molecular flexibility index (Phi) is 2.75. The highest BCUT2D eigenvalue weighted by atomic mass is 16.4. The number of rotatable bonds is 3. The Labute approximate surface area is 108 Å². The lowest BCUT2D eigenvalue weighted by molar-refractivity contribution is 0.555. The summed E-state index contributed by atoms with van der Waals surface area (Å²) in [7, 11) is 0. The molecule has 2 N–H and O–H groups in total. The molecule has 2 heterocycles. The summed E-state index contributed by atoms with van der Waals surface area (Å²) in [6.45, 7) is 2.45. The largest absolute Gasteiger partial charge is 0.417 e. The number of H-pyrrole nitrogens is 1. The summed E-state index contributed by atoms with van der Waals surface area (Å²) in [5, 5.41) is 3.24. The fourth-order valence-corrected chi connectivity index (χ4v) is 1.86. The van der Waals surface area contributed by atoms with Gasteiger partial charge in [0.1, 0.15) is 5.82 Å². The molecule has 2 aromatic heterocycles. The summed E-state index contributed by atoms with van der Waals surface area (Å²) >= 11 is 0. The minimum atomic E-state index is -0.446. The normalized spacial score (nSPS) is 10.8. The second-order valence-electron chi connectivity index (χ2n) is 4.17. The maximum atomic E-state index is 11.1. The zero-order valence-corrected chi connectivity index (χ0v) is 10.3. The molecule has 0 spiro atoms. The molecule has 6 heteroatoms. The number of anilines is 1. The Morgan fingerprint density at radius 1 is 1.37 bits per heavy atom. The predicted molar refractivity (Wildman–Crippen MR) is 70.9 cm³/mol. The molecule has 0 atom stereocenters. The van der Waals surface area contributed by atoms with Gasteiger partial charge in [-0.1, -0.05) is 0 Å². The van der Waals surface area contributed by atoms with Gasteiger partial charge in [0.15, 0.2) is 5.58 Å². The molecule has 0 aliphatic rings. The minimum absolute atomic E-state index is 0.446. The molecule has 19 heavy (non-hydrogen) atoms. The molecule has 0 aliphatic carbocycles. The molecule has 0 saturated carbocycles. The average molecular weight is 256 g/mol. The van der Waals surface area contributed by atoms with Crippen LogP contribution in [0.1, 0.15) is 11.5 Å². The van der Waals surface area contributed by atoms with E-state index in [1.165, 1.54) is 0 Å². The third-order valence-electron chi connectivity index (χ3n) is 2.73. The van der Waals surface area contributed by atoms with E-state index in [0.717, 1.165) is 17.2 Å². The van der Waals surface area contributed by atoms with Crippen LogP contribution in [0.3, 0.4) is 0 Å². The lowest BCUT2D eigenvalue weighted by Crippen LogP contribution is -2.03. The van der Waals surface area contributed by atoms with Crippen molar-refractivity contribution in [3.05, 3.63) is 52.5 Å². The van der Waals surface area contributed by atoms with Crippen LogP contribution < -0.4 is 11.1 Å². The first kappa shape index (κ1) is 11.5. The van der Waals surface area contributed by atoms with Crippen LogP contribution in [-0.2, 0) is 6.54 Å². The molecule has 0 aliphatic heterocycles. The summed E-state index contributed by atoms with van der Waals surface area (Å²) in [6, 6.07) is 7.29. The van der Waals surface area contributed by atoms with Crippen molar-refractivity contribution in [1.29, 1.82) is 0 Å². The molecule has 0 fully saturated rings. The van der Waals surface area contributed by atoms with E-state index < -0.39 is 5.76 Å². The molecule has 3 aromatic rings. The lowest BCUT2D eigenvalue weighted by atomic mass is 10.3. The smallest absolute Gasteiger partial charge is 0.408 e. The van der Waals surface area contributed by atoms with Crippen LogP contribution in [0.2, 0.25) is 0 Å². The molecule has 0 saturated heterocycles. The highest BCUT2D eigenvalue weighted by Crippen LogP contribution is 2.16. The molecule has 3 rings (SSSR count). The first-order valence-electron chi connectivity index (χ1n) is 5.86. The molecule has 0 unspecified atom stereocenters. The Morgan fingerprint density at radius 2 is 2.26 bits per heavy atom. The van der Waals surface area contributed by atoms with Crippen molar-refractivity contribution in [2.75, 3.05) is 5.32 Å². The summed E-state index contributed by atoms with van der Waals surface area (Å²) < 4.78 is 4.94. The van der Waals surface area contributed by atoms with Gasteiger partial charge in [0.25, 0.3) is 0 Å². The fourth-order valence-electron chi connectivity index (χ4n) is 1.86. The molecule has 0 bridgehead atoms. The fraction of sp³-hybridized carbons (Fsp3) is 0.154. The zero-order valence-electron chi connectivity index (χ0n) is 10.3. The second kappa shape index (κ2) is 4.56. The first-order valence-corrected chi connectivity index (χ1v) is 5.86. The second-order valence-corrected chi connectivity index (χ2v) is 4.17. The van der Waals surface area contributed by atoms with Gasteiger partial charge in [-0.05, 0) is 31.2 Å². The van der Waals surface area contributed by atoms with E-state index >= 15 is 0 Å². The topological polar surface area (TPSA) is 83.8 Å². The van der Waals surface area contributed by atoms with Crippen molar-refractivity contribution in [2.24, 2.45) is 0 Å². The van der Waals surface area contributed by atoms with Gasteiger partial charge in [0.2, 0.25) is 0 Å². The molecular weight excluding hydrogens is 244 g/mol. The number of nitrogens with one attached hydrogen (secondary N) is 2. The van der Waals surface area contributed by atoms with E-state index in [4.69, 9.17) is 4.42 Å². The van der Waals surface area contributed by atoms with Gasteiger partial charge >= 0.3 is 5.76 Å². The highest BCUT2D eigenvalue weighted by Gasteiger charge is 2.02. The van der Waals surface area contributed by atoms with Crippen LogP contribution in [-0.4, -0.2) is 15.0 Å². The van der Waals surface area contributed by atoms with E-state index in [0.29, 0.717) is 17.6 Å². The average Bonchev–Trinajstić information content (AvgIpc) is 2.75. The molecule has 0 amide bonds. The van der Waals surface area contributed by atoms with Crippen molar-refractivity contribution in [3.63, 3.8) is 0 Å². The number of hydrogen-bond donors (Lipinski definition) is 2. The number of hydrogen-bond acceptors (Lipinski definition) is 5. The van der Waals surface area contributed by atoms with Crippen LogP contribution in [0.15, 0.2) is 39.7 Å². The standard InChI is InChI=1S/C13H12N4O2/c1-8-14-5-4-10(16-8)7-15-9-2-3-12-11(6-9)17-13(18)19-12/h2-6,15H,7H2,1H3,(H,17,18). The van der Waals surface area contributed by atoms with Crippen LogP contribution in [0.4, 0.5) is 5.69 Å². The van der Waals surface area contributed by atoms with E-state index in [9.17, 15) is 4.79 Å². The van der Waals surface area contributed by atoms with Crippen LogP contribution >= 0.6 is 0 Å². The van der Waals surface area contributed by atoms with Crippen molar-refractivity contribution in [3.8, 4) is 0 Å². The number of oxazole rings is 1. The predicted octanol–water partition coefficient (Wildman–Crippen LogP) is 1.83. The monoisotopic (exact) mass is 256 g/mol. The molecule has 1 aromatic carbocycles. The summed E-state index contributed by atoms with van der Waals surface area (Å²) in [5.41, 5.74) is 3.02. The summed E-state index contributed by atoms with van der Waals surface area (Å²) in [4.78, 5) is 22.0. The maximum absolute atomic E-state index is 11.1. The van der Waals surface area contributed by atoms with Crippen LogP contribution in [0, 0.1) is 6.92 Å². The molecule has 0 radical (unpaired) electrons. The summed E-state index contributed by atoms with van der Waals surface area (Å²) in [6.07, 6.45) is 1.73. The van der Waals surface area contributed by atoms with Crippen molar-refractivity contribution >= 4 is 16.8 Å². The molecule has 6 nitrogen and oxygen atoms in total. The van der Waals surface area contributed by atoms with Crippen molar-refractivity contribution < 1.29 is 4.42 Å². The Balaban J connectivity index is 1.79. The summed E-state index contributed by atoms with van der Waals surface area (Å²) in [5.74, 6) is 0.299. The quantitative estimate of drug-likeness (QED) is 0.747. The van der Waals surface area contributed by atoms with E-state index in [2.05, 4.69) is 20.3 Å². The van der Waals surface area contributed by atoms with Gasteiger partial charge in [-0.3, -0.25) is 4.98 Å². The van der Waals surface area contributed by atoms with Crippen molar-refractivity contribution in [1.82, 2.24) is 15.0 Å². The Hall–Kier alpha value is -2.63. The number of aryl methyl sites for hydroxylation is 1. The number of nitrogens with zero attached hydrogens (tertiary/aromatic N) is 2. The van der Waals surface area contributed by atoms with E-state index in [1.807, 2.05) is 25.1 Å². The van der Waals surface area contributed by atoms with E-state index in [-0.39, 0.29) is 0 Å². The first-order chi connectivity index (χ1) is 9.20. The Morgan fingerprint density at radius 3 is 3.11 bits per heavy atom. The number of benzene rings is 1. The third-order valence-corrected chi connectivity index (χ3v) is 2.73. The molecular formula is C13H12N4O2. The van der Waals surface area contributed by atoms with Gasteiger partial charge < -0.3 is 9.73 Å². The van der Waals surface area contributed by atoms with Gasteiger partial charge in [-0.25, -0.2) is 14.8 Å². The lowest BCUT2D eigenvalue weighted by Gasteiger charge is -2.05.